The Morgan fingerprint density at radius 1 is 0.946 bits per heavy atom. The number of amides is 1. The Kier molecular flexibility index (Phi) is 8.22. The molecule has 0 spiro atoms. The van der Waals surface area contributed by atoms with Gasteiger partial charge < -0.3 is 9.47 Å². The van der Waals surface area contributed by atoms with E-state index in [2.05, 4.69) is 0 Å². The lowest BCUT2D eigenvalue weighted by Crippen LogP contribution is -2.56. The molecule has 0 radical (unpaired) electrons. The highest BCUT2D eigenvalue weighted by Gasteiger charge is 2.45. The summed E-state index contributed by atoms with van der Waals surface area (Å²) in [5.41, 5.74) is -4.10. The molecule has 3 rings (SSSR count). The molecule has 1 heterocycles. The molecule has 0 N–H and O–H groups in total. The molecular weight excluding hydrogens is 500 g/mol. The molecule has 0 aromatic heterocycles. The molecule has 10 heteroatoms. The van der Waals surface area contributed by atoms with Crippen LogP contribution < -0.4 is 0 Å². The number of rotatable bonds is 5. The van der Waals surface area contributed by atoms with Crippen LogP contribution in [0.5, 0.6) is 0 Å². The molecule has 2 atom stereocenters. The fourth-order valence-corrected chi connectivity index (χ4v) is 4.47. The number of piperidine rings is 1. The van der Waals surface area contributed by atoms with Gasteiger partial charge in [-0.15, -0.1) is 0 Å². The minimum Gasteiger partial charge on any atom is -0.444 e. The van der Waals surface area contributed by atoms with E-state index in [1.807, 2.05) is 18.2 Å². The predicted molar refractivity (Wildman–Crippen MR) is 126 cm³/mol. The van der Waals surface area contributed by atoms with Crippen molar-refractivity contribution in [2.24, 2.45) is 0 Å². The molecule has 1 aliphatic rings. The van der Waals surface area contributed by atoms with Gasteiger partial charge in [-0.05, 0) is 76.3 Å². The van der Waals surface area contributed by atoms with Crippen LogP contribution in [0, 0.1) is 0 Å². The molecule has 1 amide bonds. The van der Waals surface area contributed by atoms with Gasteiger partial charge in [0.15, 0.2) is 0 Å². The van der Waals surface area contributed by atoms with Gasteiger partial charge in [-0.3, -0.25) is 4.90 Å². The molecule has 204 valence electrons. The van der Waals surface area contributed by atoms with Crippen molar-refractivity contribution < 1.29 is 40.6 Å². The summed E-state index contributed by atoms with van der Waals surface area (Å²) in [6, 6.07) is 10.5. The van der Waals surface area contributed by atoms with E-state index in [1.54, 1.807) is 37.8 Å². The van der Waals surface area contributed by atoms with Crippen molar-refractivity contribution in [2.75, 3.05) is 13.2 Å². The summed E-state index contributed by atoms with van der Waals surface area (Å²) in [7, 11) is 0. The molecule has 2 aromatic carbocycles. The van der Waals surface area contributed by atoms with Gasteiger partial charge in [0.25, 0.3) is 0 Å². The summed E-state index contributed by atoms with van der Waals surface area (Å²) < 4.78 is 91.8. The summed E-state index contributed by atoms with van der Waals surface area (Å²) in [5.74, 6) is 0. The van der Waals surface area contributed by atoms with Crippen LogP contribution in [0.4, 0.5) is 31.1 Å². The van der Waals surface area contributed by atoms with Gasteiger partial charge in [-0.1, -0.05) is 30.3 Å². The van der Waals surface area contributed by atoms with Gasteiger partial charge in [0, 0.05) is 6.54 Å². The standard InChI is InChI=1S/C27H31F6NO3/c1-18(19-14-21(26(28,29)30)16-22(15-19)27(31,32)33)36-17-25(20-10-6-5-7-11-20)12-8-9-13-34(25)23(35)37-24(2,3)4/h5-7,10-11,14-16,18H,8-9,12-13,17H2,1-4H3/t18-,25?/m1/s1. The number of alkyl halides is 6. The molecular formula is C27H31F6NO3. The van der Waals surface area contributed by atoms with E-state index in [0.717, 1.165) is 12.0 Å². The van der Waals surface area contributed by atoms with Gasteiger partial charge in [0.1, 0.15) is 5.60 Å². The van der Waals surface area contributed by atoms with Crippen LogP contribution in [0.1, 0.15) is 75.3 Å². The first-order valence-corrected chi connectivity index (χ1v) is 12.0. The zero-order chi connectivity index (χ0) is 27.6. The van der Waals surface area contributed by atoms with Crippen LogP contribution in [-0.2, 0) is 27.4 Å². The van der Waals surface area contributed by atoms with Crippen LogP contribution in [0.25, 0.3) is 0 Å². The third-order valence-corrected chi connectivity index (χ3v) is 6.32. The smallest absolute Gasteiger partial charge is 0.416 e. The van der Waals surface area contributed by atoms with E-state index in [4.69, 9.17) is 9.47 Å². The highest BCUT2D eigenvalue weighted by atomic mass is 19.4. The number of nitrogens with zero attached hydrogens (tertiary/aromatic N) is 1. The third-order valence-electron chi connectivity index (χ3n) is 6.32. The molecule has 1 fully saturated rings. The number of hydrogen-bond acceptors (Lipinski definition) is 3. The molecule has 1 unspecified atom stereocenters. The normalized spacial score (nSPS) is 20.0. The maximum atomic E-state index is 13.4. The molecule has 1 saturated heterocycles. The number of halogens is 6. The molecule has 0 aliphatic carbocycles. The van der Waals surface area contributed by atoms with Gasteiger partial charge in [-0.2, -0.15) is 26.3 Å². The Hall–Kier alpha value is -2.75. The molecule has 2 aromatic rings. The number of ether oxygens (including phenoxy) is 2. The summed E-state index contributed by atoms with van der Waals surface area (Å²) in [6.45, 7) is 6.84. The van der Waals surface area contributed by atoms with Crippen LogP contribution in [0.15, 0.2) is 48.5 Å². The average molecular weight is 532 g/mol. The van der Waals surface area contributed by atoms with Crippen LogP contribution in [0.3, 0.4) is 0 Å². The molecule has 1 aliphatic heterocycles. The SMILES string of the molecule is C[C@@H](OCC1(c2ccccc2)CCCCN1C(=O)OC(C)(C)C)c1cc(C(F)(F)F)cc(C(F)(F)F)c1. The Morgan fingerprint density at radius 3 is 2.03 bits per heavy atom. The maximum Gasteiger partial charge on any atom is 0.416 e. The zero-order valence-corrected chi connectivity index (χ0v) is 21.2. The van der Waals surface area contributed by atoms with Gasteiger partial charge in [-0.25, -0.2) is 4.79 Å². The van der Waals surface area contributed by atoms with Gasteiger partial charge >= 0.3 is 18.4 Å². The summed E-state index contributed by atoms with van der Waals surface area (Å²) >= 11 is 0. The van der Waals surface area contributed by atoms with Crippen molar-refractivity contribution in [3.63, 3.8) is 0 Å². The van der Waals surface area contributed by atoms with E-state index < -0.39 is 46.8 Å². The minimum atomic E-state index is -4.96. The van der Waals surface area contributed by atoms with Crippen molar-refractivity contribution in [1.82, 2.24) is 4.90 Å². The van der Waals surface area contributed by atoms with Crippen molar-refractivity contribution >= 4 is 6.09 Å². The lowest BCUT2D eigenvalue weighted by molar-refractivity contribution is -0.143. The lowest BCUT2D eigenvalue weighted by Gasteiger charge is -2.47. The van der Waals surface area contributed by atoms with Crippen LogP contribution >= 0.6 is 0 Å². The largest absolute Gasteiger partial charge is 0.444 e. The van der Waals surface area contributed by atoms with Gasteiger partial charge in [0.2, 0.25) is 0 Å². The van der Waals surface area contributed by atoms with Crippen molar-refractivity contribution in [3.05, 3.63) is 70.8 Å². The Morgan fingerprint density at radius 2 is 1.51 bits per heavy atom. The average Bonchev–Trinajstić information content (AvgIpc) is 2.80. The predicted octanol–water partition coefficient (Wildman–Crippen LogP) is 8.12. The highest BCUT2D eigenvalue weighted by molar-refractivity contribution is 5.70. The lowest BCUT2D eigenvalue weighted by atomic mass is 9.81. The van der Waals surface area contributed by atoms with E-state index >= 15 is 0 Å². The van der Waals surface area contributed by atoms with Crippen molar-refractivity contribution in [3.8, 4) is 0 Å². The van der Waals surface area contributed by atoms with E-state index in [1.165, 1.54) is 6.92 Å². The van der Waals surface area contributed by atoms with E-state index in [-0.39, 0.29) is 18.2 Å². The number of carbonyl (C=O) groups is 1. The topological polar surface area (TPSA) is 38.8 Å². The summed E-state index contributed by atoms with van der Waals surface area (Å²) in [5, 5.41) is 0. The minimum absolute atomic E-state index is 0.0903. The van der Waals surface area contributed by atoms with Crippen LogP contribution in [-0.4, -0.2) is 29.7 Å². The van der Waals surface area contributed by atoms with Crippen LogP contribution in [0.2, 0.25) is 0 Å². The number of carbonyl (C=O) groups excluding carboxylic acids is 1. The number of hydrogen-bond donors (Lipinski definition) is 0. The van der Waals surface area contributed by atoms with E-state index in [0.29, 0.717) is 31.5 Å². The monoisotopic (exact) mass is 531 g/mol. The fourth-order valence-electron chi connectivity index (χ4n) is 4.47. The van der Waals surface area contributed by atoms with E-state index in [9.17, 15) is 31.1 Å². The van der Waals surface area contributed by atoms with Crippen molar-refractivity contribution in [1.29, 1.82) is 0 Å². The zero-order valence-electron chi connectivity index (χ0n) is 21.2. The summed E-state index contributed by atoms with van der Waals surface area (Å²) in [6.07, 6.45) is -9.66. The molecule has 4 nitrogen and oxygen atoms in total. The fraction of sp³-hybridized carbons (Fsp3) is 0.519. The number of likely N-dealkylation sites (tertiary alicyclic amines) is 1. The molecule has 0 saturated carbocycles. The Labute approximate surface area is 212 Å². The maximum absolute atomic E-state index is 13.4. The van der Waals surface area contributed by atoms with Gasteiger partial charge in [0.05, 0.1) is 29.4 Å². The molecule has 37 heavy (non-hydrogen) atoms. The number of benzene rings is 2. The Balaban J connectivity index is 1.98. The first-order chi connectivity index (χ1) is 17.0. The highest BCUT2D eigenvalue weighted by Crippen LogP contribution is 2.42. The molecule has 0 bridgehead atoms. The first kappa shape index (κ1) is 28.8. The first-order valence-electron chi connectivity index (χ1n) is 12.0. The second-order valence-electron chi connectivity index (χ2n) is 10.3. The Bertz CT molecular complexity index is 1050. The summed E-state index contributed by atoms with van der Waals surface area (Å²) in [4.78, 5) is 14.8. The second-order valence-corrected chi connectivity index (χ2v) is 10.3. The second kappa shape index (κ2) is 10.6. The van der Waals surface area contributed by atoms with Crippen molar-refractivity contribution in [2.45, 2.75) is 76.6 Å². The quantitative estimate of drug-likeness (QED) is 0.366. The third kappa shape index (κ3) is 6.97.